The molecule has 10 nitrogen and oxygen atoms in total. The standard InChI is InChI=1S/C12H21NO9/c1-12(2,3)21-11(18)13-22-10-7(16)5(14)6(15)8(20-10)9(17)19-4/h5-8,10,14-16H,1-4H3,(H,13,18)/t5-,6-,7+,8?,10-/m0/s1. The normalized spacial score (nSPS) is 32.2. The number of carbonyl (C=O) groups is 2. The van der Waals surface area contributed by atoms with Crippen molar-refractivity contribution in [3.63, 3.8) is 0 Å². The topological polar surface area (TPSA) is 144 Å². The van der Waals surface area contributed by atoms with Crippen LogP contribution < -0.4 is 5.48 Å². The van der Waals surface area contributed by atoms with E-state index in [-0.39, 0.29) is 0 Å². The average Bonchev–Trinajstić information content (AvgIpc) is 2.41. The number of amides is 1. The van der Waals surface area contributed by atoms with Crippen LogP contribution >= 0.6 is 0 Å². The van der Waals surface area contributed by atoms with Gasteiger partial charge in [0.05, 0.1) is 7.11 Å². The molecule has 0 aliphatic carbocycles. The third kappa shape index (κ3) is 4.78. The molecular weight excluding hydrogens is 302 g/mol. The second kappa shape index (κ2) is 7.20. The van der Waals surface area contributed by atoms with E-state index in [1.54, 1.807) is 20.8 Å². The summed E-state index contributed by atoms with van der Waals surface area (Å²) in [6, 6.07) is 0. The zero-order valence-electron chi connectivity index (χ0n) is 12.7. The Morgan fingerprint density at radius 2 is 1.68 bits per heavy atom. The smallest absolute Gasteiger partial charge is 0.431 e. The Morgan fingerprint density at radius 1 is 1.09 bits per heavy atom. The first kappa shape index (κ1) is 18.6. The number of nitrogens with one attached hydrogen (secondary N) is 1. The van der Waals surface area contributed by atoms with Gasteiger partial charge in [0, 0.05) is 0 Å². The Hall–Kier alpha value is -1.46. The summed E-state index contributed by atoms with van der Waals surface area (Å²) in [4.78, 5) is 27.6. The van der Waals surface area contributed by atoms with Gasteiger partial charge in [0.25, 0.3) is 0 Å². The number of rotatable bonds is 3. The monoisotopic (exact) mass is 323 g/mol. The van der Waals surface area contributed by atoms with E-state index in [4.69, 9.17) is 14.3 Å². The van der Waals surface area contributed by atoms with Crippen LogP contribution in [0.5, 0.6) is 0 Å². The van der Waals surface area contributed by atoms with Crippen LogP contribution in [0.4, 0.5) is 4.79 Å². The van der Waals surface area contributed by atoms with E-state index >= 15 is 0 Å². The van der Waals surface area contributed by atoms with Gasteiger partial charge in [-0.25, -0.2) is 14.4 Å². The number of aliphatic hydroxyl groups excluding tert-OH is 3. The van der Waals surface area contributed by atoms with E-state index in [0.29, 0.717) is 0 Å². The van der Waals surface area contributed by atoms with Gasteiger partial charge in [0.15, 0.2) is 6.10 Å². The van der Waals surface area contributed by atoms with Crippen LogP contribution in [0, 0.1) is 0 Å². The minimum absolute atomic E-state index is 0.774. The number of aliphatic hydroxyl groups is 3. The lowest BCUT2D eigenvalue weighted by molar-refractivity contribution is -0.306. The van der Waals surface area contributed by atoms with Gasteiger partial charge in [0.1, 0.15) is 23.9 Å². The molecule has 4 N–H and O–H groups in total. The van der Waals surface area contributed by atoms with Gasteiger partial charge < -0.3 is 29.5 Å². The van der Waals surface area contributed by atoms with Crippen molar-refractivity contribution in [3.05, 3.63) is 0 Å². The van der Waals surface area contributed by atoms with E-state index in [1.165, 1.54) is 0 Å². The second-order valence-corrected chi connectivity index (χ2v) is 5.64. The highest BCUT2D eigenvalue weighted by atomic mass is 16.8. The maximum Gasteiger partial charge on any atom is 0.431 e. The van der Waals surface area contributed by atoms with E-state index in [2.05, 4.69) is 4.74 Å². The van der Waals surface area contributed by atoms with Gasteiger partial charge in [0.2, 0.25) is 6.29 Å². The number of hydroxylamine groups is 1. The molecular formula is C12H21NO9. The molecule has 1 saturated heterocycles. The molecule has 0 aromatic rings. The average molecular weight is 323 g/mol. The minimum Gasteiger partial charge on any atom is -0.467 e. The first-order valence-corrected chi connectivity index (χ1v) is 6.49. The van der Waals surface area contributed by atoms with Crippen LogP contribution in [0.1, 0.15) is 20.8 Å². The molecule has 1 heterocycles. The van der Waals surface area contributed by atoms with Crippen molar-refractivity contribution in [2.24, 2.45) is 0 Å². The third-order valence-corrected chi connectivity index (χ3v) is 2.66. The molecule has 1 rings (SSSR count). The van der Waals surface area contributed by atoms with Gasteiger partial charge >= 0.3 is 12.1 Å². The molecule has 0 radical (unpaired) electrons. The number of carbonyl (C=O) groups excluding carboxylic acids is 2. The summed E-state index contributed by atoms with van der Waals surface area (Å²) < 4.78 is 14.3. The van der Waals surface area contributed by atoms with Crippen molar-refractivity contribution < 1.29 is 44.0 Å². The SMILES string of the molecule is COC(=O)C1O[C@@H](ONC(=O)OC(C)(C)C)[C@H](O)[C@@H](O)[C@@H]1O. The van der Waals surface area contributed by atoms with Gasteiger partial charge in [-0.15, -0.1) is 0 Å². The highest BCUT2D eigenvalue weighted by Crippen LogP contribution is 2.22. The first-order valence-electron chi connectivity index (χ1n) is 6.49. The first-order chi connectivity index (χ1) is 10.1. The molecule has 0 aromatic carbocycles. The summed E-state index contributed by atoms with van der Waals surface area (Å²) in [6.07, 6.45) is -9.28. The predicted molar refractivity (Wildman–Crippen MR) is 69.2 cm³/mol. The number of ether oxygens (including phenoxy) is 3. The fourth-order valence-corrected chi connectivity index (χ4v) is 1.66. The van der Waals surface area contributed by atoms with Crippen LogP contribution in [-0.4, -0.2) is 70.8 Å². The predicted octanol–water partition coefficient (Wildman–Crippen LogP) is -1.58. The summed E-state index contributed by atoms with van der Waals surface area (Å²) >= 11 is 0. The van der Waals surface area contributed by atoms with E-state index < -0.39 is 48.4 Å². The van der Waals surface area contributed by atoms with Gasteiger partial charge in [-0.2, -0.15) is 5.48 Å². The van der Waals surface area contributed by atoms with Crippen LogP contribution in [0.3, 0.4) is 0 Å². The lowest BCUT2D eigenvalue weighted by Gasteiger charge is -2.38. The molecule has 1 aliphatic rings. The summed E-state index contributed by atoms with van der Waals surface area (Å²) in [5.41, 5.74) is 1.09. The summed E-state index contributed by atoms with van der Waals surface area (Å²) in [5, 5.41) is 29.0. The molecule has 1 amide bonds. The highest BCUT2D eigenvalue weighted by Gasteiger charge is 2.48. The molecule has 0 saturated carbocycles. The number of hydrogen-bond acceptors (Lipinski definition) is 9. The zero-order valence-corrected chi connectivity index (χ0v) is 12.7. The Kier molecular flexibility index (Phi) is 6.08. The molecule has 0 aromatic heterocycles. The zero-order chi connectivity index (χ0) is 17.1. The van der Waals surface area contributed by atoms with Crippen molar-refractivity contribution in [1.29, 1.82) is 0 Å². The van der Waals surface area contributed by atoms with Crippen LogP contribution in [0.2, 0.25) is 0 Å². The maximum absolute atomic E-state index is 11.4. The van der Waals surface area contributed by atoms with Crippen LogP contribution in [0.15, 0.2) is 0 Å². The molecule has 10 heteroatoms. The van der Waals surface area contributed by atoms with E-state index in [0.717, 1.165) is 7.11 Å². The largest absolute Gasteiger partial charge is 0.467 e. The molecule has 22 heavy (non-hydrogen) atoms. The Balaban J connectivity index is 2.65. The number of hydrogen-bond donors (Lipinski definition) is 4. The van der Waals surface area contributed by atoms with Crippen LogP contribution in [-0.2, 0) is 23.8 Å². The quantitative estimate of drug-likeness (QED) is 0.357. The van der Waals surface area contributed by atoms with Crippen molar-refractivity contribution in [3.8, 4) is 0 Å². The maximum atomic E-state index is 11.4. The van der Waals surface area contributed by atoms with Crippen LogP contribution in [0.25, 0.3) is 0 Å². The number of methoxy groups -OCH3 is 1. The molecule has 0 bridgehead atoms. The Labute approximate surface area is 126 Å². The Bertz CT molecular complexity index is 408. The van der Waals surface area contributed by atoms with Crippen molar-refractivity contribution in [2.45, 2.75) is 57.1 Å². The highest BCUT2D eigenvalue weighted by molar-refractivity contribution is 5.75. The van der Waals surface area contributed by atoms with E-state index in [1.807, 2.05) is 5.48 Å². The van der Waals surface area contributed by atoms with Gasteiger partial charge in [-0.05, 0) is 20.8 Å². The summed E-state index contributed by atoms with van der Waals surface area (Å²) in [5.74, 6) is -0.968. The third-order valence-electron chi connectivity index (χ3n) is 2.66. The van der Waals surface area contributed by atoms with Crippen molar-refractivity contribution in [1.82, 2.24) is 5.48 Å². The molecule has 128 valence electrons. The molecule has 0 spiro atoms. The summed E-state index contributed by atoms with van der Waals surface area (Å²) in [6.45, 7) is 4.89. The second-order valence-electron chi connectivity index (χ2n) is 5.64. The molecule has 1 aliphatic heterocycles. The van der Waals surface area contributed by atoms with Crippen molar-refractivity contribution in [2.75, 3.05) is 7.11 Å². The fourth-order valence-electron chi connectivity index (χ4n) is 1.66. The van der Waals surface area contributed by atoms with Gasteiger partial charge in [-0.3, -0.25) is 0 Å². The van der Waals surface area contributed by atoms with E-state index in [9.17, 15) is 24.9 Å². The lowest BCUT2D eigenvalue weighted by atomic mass is 9.99. The molecule has 1 fully saturated rings. The molecule has 5 atom stereocenters. The van der Waals surface area contributed by atoms with Gasteiger partial charge in [-0.1, -0.05) is 0 Å². The number of esters is 1. The Morgan fingerprint density at radius 3 is 2.18 bits per heavy atom. The fraction of sp³-hybridized carbons (Fsp3) is 0.833. The molecule has 1 unspecified atom stereocenters. The minimum atomic E-state index is -1.73. The lowest BCUT2D eigenvalue weighted by Crippen LogP contribution is -2.61. The summed E-state index contributed by atoms with van der Waals surface area (Å²) in [7, 11) is 1.06. The van der Waals surface area contributed by atoms with Crippen molar-refractivity contribution >= 4 is 12.1 Å².